The third-order valence-electron chi connectivity index (χ3n) is 7.79. The minimum absolute atomic E-state index is 0.258. The van der Waals surface area contributed by atoms with E-state index < -0.39 is 6.16 Å². The Morgan fingerprint density at radius 2 is 1.48 bits per heavy atom. The third kappa shape index (κ3) is 12.5. The summed E-state index contributed by atoms with van der Waals surface area (Å²) in [7, 11) is 2.17. The van der Waals surface area contributed by atoms with Crippen molar-refractivity contribution in [1.29, 1.82) is 0 Å². The fraction of sp³-hybridized carbons (Fsp3) is 0.844. The van der Waals surface area contributed by atoms with Crippen molar-refractivity contribution in [2.45, 2.75) is 137 Å². The minimum Gasteiger partial charge on any atom is -0.475 e. The molecule has 0 bridgehead atoms. The minimum atomic E-state index is -0.558. The third-order valence-corrected chi connectivity index (χ3v) is 8.31. The Kier molecular flexibility index (Phi) is 16.1. The lowest BCUT2D eigenvalue weighted by Gasteiger charge is -2.47. The number of hydrogen-bond acceptors (Lipinski definition) is 7. The molecule has 1 aromatic rings. The molecule has 230 valence electrons. The van der Waals surface area contributed by atoms with E-state index in [-0.39, 0.29) is 11.6 Å². The highest BCUT2D eigenvalue weighted by atomic mass is 32.1. The molecule has 2 heterocycles. The molecule has 0 fully saturated rings. The van der Waals surface area contributed by atoms with Crippen LogP contribution < -0.4 is 4.74 Å². The summed E-state index contributed by atoms with van der Waals surface area (Å²) in [5.74, 6) is 0.630. The lowest BCUT2D eigenvalue weighted by Crippen LogP contribution is -2.61. The molecule has 0 spiro atoms. The Hall–Kier alpha value is -1.67. The SMILES string of the molecule is CCCCCCCCCCCCOC(=O)OC(C(C)(C)C)[N+]1(C)CCC=C(c2nsnc2OCCCCCC)C1. The molecule has 0 aliphatic carbocycles. The standard InChI is InChI=1S/C32H58N3O4S/c1-7-9-11-13-14-15-16-17-18-20-25-38-31(36)39-30(32(3,4)5)35(6)23-21-22-27(26-35)28-29(34-40-33-28)37-24-19-12-10-8-2/h22,30H,7-21,23-26H2,1-6H3/q+1. The molecular weight excluding hydrogens is 522 g/mol. The van der Waals surface area contributed by atoms with Crippen molar-refractivity contribution in [3.63, 3.8) is 0 Å². The molecule has 7 nitrogen and oxygen atoms in total. The quantitative estimate of drug-likeness (QED) is 0.0870. The van der Waals surface area contributed by atoms with Crippen molar-refractivity contribution in [2.24, 2.45) is 5.41 Å². The Balaban J connectivity index is 1.83. The van der Waals surface area contributed by atoms with Crippen LogP contribution in [0.4, 0.5) is 4.79 Å². The molecule has 2 atom stereocenters. The van der Waals surface area contributed by atoms with Gasteiger partial charge in [0.05, 0.1) is 43.9 Å². The average molecular weight is 581 g/mol. The van der Waals surface area contributed by atoms with E-state index in [1.807, 2.05) is 0 Å². The zero-order chi connectivity index (χ0) is 29.3. The first kappa shape index (κ1) is 34.5. The molecule has 0 aromatic carbocycles. The molecule has 1 aromatic heterocycles. The highest BCUT2D eigenvalue weighted by molar-refractivity contribution is 6.99. The van der Waals surface area contributed by atoms with Crippen LogP contribution in [0.15, 0.2) is 6.08 Å². The van der Waals surface area contributed by atoms with Crippen LogP contribution in [-0.4, -0.2) is 59.0 Å². The zero-order valence-electron chi connectivity index (χ0n) is 26.5. The van der Waals surface area contributed by atoms with Crippen molar-refractivity contribution in [3.8, 4) is 5.88 Å². The Morgan fingerprint density at radius 3 is 2.10 bits per heavy atom. The first-order chi connectivity index (χ1) is 19.2. The van der Waals surface area contributed by atoms with E-state index in [1.54, 1.807) is 0 Å². The number of likely N-dealkylation sites (N-methyl/N-ethyl adjacent to an activating group) is 1. The van der Waals surface area contributed by atoms with Gasteiger partial charge in [-0.15, -0.1) is 4.37 Å². The molecule has 0 saturated carbocycles. The molecule has 8 heteroatoms. The van der Waals surface area contributed by atoms with E-state index in [9.17, 15) is 4.79 Å². The summed E-state index contributed by atoms with van der Waals surface area (Å²) in [4.78, 5) is 12.8. The second-order valence-corrected chi connectivity index (χ2v) is 13.4. The lowest BCUT2D eigenvalue weighted by molar-refractivity contribution is -0.954. The Morgan fingerprint density at radius 1 is 0.900 bits per heavy atom. The number of carbonyl (C=O) groups is 1. The number of unbranched alkanes of at least 4 members (excludes halogenated alkanes) is 12. The van der Waals surface area contributed by atoms with E-state index in [2.05, 4.69) is 56.5 Å². The summed E-state index contributed by atoms with van der Waals surface area (Å²) >= 11 is 1.20. The van der Waals surface area contributed by atoms with E-state index in [4.69, 9.17) is 14.2 Å². The molecule has 0 saturated heterocycles. The lowest BCUT2D eigenvalue weighted by atomic mass is 9.90. The van der Waals surface area contributed by atoms with Gasteiger partial charge in [-0.3, -0.25) is 4.48 Å². The number of nitrogens with zero attached hydrogens (tertiary/aromatic N) is 3. The highest BCUT2D eigenvalue weighted by Crippen LogP contribution is 2.37. The van der Waals surface area contributed by atoms with Crippen LogP contribution in [0.2, 0.25) is 0 Å². The molecule has 0 amide bonds. The summed E-state index contributed by atoms with van der Waals surface area (Å²) in [6.07, 6.45) is 19.4. The summed E-state index contributed by atoms with van der Waals surface area (Å²) < 4.78 is 27.2. The number of quaternary nitrogens is 1. The summed E-state index contributed by atoms with van der Waals surface area (Å²) in [5.41, 5.74) is 1.69. The van der Waals surface area contributed by atoms with Crippen molar-refractivity contribution >= 4 is 23.5 Å². The maximum absolute atomic E-state index is 12.8. The van der Waals surface area contributed by atoms with Gasteiger partial charge < -0.3 is 14.2 Å². The predicted molar refractivity (Wildman–Crippen MR) is 166 cm³/mol. The van der Waals surface area contributed by atoms with Gasteiger partial charge in [0.15, 0.2) is 0 Å². The van der Waals surface area contributed by atoms with Gasteiger partial charge in [0.25, 0.3) is 5.88 Å². The summed E-state index contributed by atoms with van der Waals surface area (Å²) in [6.45, 7) is 13.5. The van der Waals surface area contributed by atoms with Gasteiger partial charge in [-0.25, -0.2) is 4.79 Å². The van der Waals surface area contributed by atoms with Gasteiger partial charge >= 0.3 is 6.16 Å². The molecule has 1 aliphatic heterocycles. The van der Waals surface area contributed by atoms with Gasteiger partial charge in [-0.05, 0) is 12.8 Å². The van der Waals surface area contributed by atoms with Crippen LogP contribution in [-0.2, 0) is 9.47 Å². The molecular formula is C32H58N3O4S+. The second-order valence-electron chi connectivity index (χ2n) is 12.8. The molecule has 1 aliphatic rings. The first-order valence-corrected chi connectivity index (χ1v) is 16.8. The topological polar surface area (TPSA) is 70.5 Å². The van der Waals surface area contributed by atoms with E-state index in [0.29, 0.717) is 30.1 Å². The number of carbonyl (C=O) groups excluding carboxylic acids is 1. The monoisotopic (exact) mass is 580 g/mol. The zero-order valence-corrected chi connectivity index (χ0v) is 27.3. The van der Waals surface area contributed by atoms with Crippen LogP contribution in [0.25, 0.3) is 5.57 Å². The van der Waals surface area contributed by atoms with Crippen molar-refractivity contribution < 1.29 is 23.5 Å². The second kappa shape index (κ2) is 18.7. The van der Waals surface area contributed by atoms with Gasteiger partial charge in [0, 0.05) is 12.0 Å². The largest absolute Gasteiger partial charge is 0.512 e. The van der Waals surface area contributed by atoms with Crippen molar-refractivity contribution in [2.75, 3.05) is 33.4 Å². The molecule has 0 radical (unpaired) electrons. The van der Waals surface area contributed by atoms with Crippen LogP contribution in [0.3, 0.4) is 0 Å². The summed E-state index contributed by atoms with van der Waals surface area (Å²) in [5, 5.41) is 0. The molecule has 40 heavy (non-hydrogen) atoms. The fourth-order valence-corrected chi connectivity index (χ4v) is 6.25. The number of hydrogen-bond donors (Lipinski definition) is 0. The number of rotatable bonds is 20. The van der Waals surface area contributed by atoms with Crippen LogP contribution in [0.1, 0.15) is 137 Å². The normalized spacial score (nSPS) is 18.3. The number of aromatic nitrogens is 2. The van der Waals surface area contributed by atoms with Gasteiger partial charge in [0.2, 0.25) is 6.23 Å². The highest BCUT2D eigenvalue weighted by Gasteiger charge is 2.46. The van der Waals surface area contributed by atoms with Gasteiger partial charge in [-0.1, -0.05) is 118 Å². The fourth-order valence-electron chi connectivity index (χ4n) is 5.72. The maximum atomic E-state index is 12.8. The number of ether oxygens (including phenoxy) is 3. The van der Waals surface area contributed by atoms with Crippen molar-refractivity contribution in [3.05, 3.63) is 11.8 Å². The van der Waals surface area contributed by atoms with E-state index in [1.165, 1.54) is 82.4 Å². The molecule has 2 unspecified atom stereocenters. The Labute approximate surface area is 249 Å². The Bertz CT molecular complexity index is 867. The van der Waals surface area contributed by atoms with E-state index in [0.717, 1.165) is 43.5 Å². The maximum Gasteiger partial charge on any atom is 0.512 e. The average Bonchev–Trinajstić information content (AvgIpc) is 3.38. The van der Waals surface area contributed by atoms with Crippen LogP contribution in [0.5, 0.6) is 5.88 Å². The molecule has 0 N–H and O–H groups in total. The van der Waals surface area contributed by atoms with E-state index >= 15 is 0 Å². The van der Waals surface area contributed by atoms with Crippen LogP contribution in [0, 0.1) is 5.41 Å². The van der Waals surface area contributed by atoms with Crippen molar-refractivity contribution in [1.82, 2.24) is 8.75 Å². The van der Waals surface area contributed by atoms with Crippen LogP contribution >= 0.6 is 11.7 Å². The predicted octanol–water partition coefficient (Wildman–Crippen LogP) is 9.18. The van der Waals surface area contributed by atoms with Gasteiger partial charge in [0.1, 0.15) is 12.2 Å². The summed E-state index contributed by atoms with van der Waals surface area (Å²) in [6, 6.07) is 0. The smallest absolute Gasteiger partial charge is 0.475 e. The molecule has 2 rings (SSSR count). The first-order valence-electron chi connectivity index (χ1n) is 16.0. The van der Waals surface area contributed by atoms with Gasteiger partial charge in [-0.2, -0.15) is 4.37 Å².